The molecule has 0 spiro atoms. The molecule has 246 valence electrons. The summed E-state index contributed by atoms with van der Waals surface area (Å²) < 4.78 is 0. The maximum Gasteiger partial charge on any atom is -0.00197 e. The molecule has 0 heterocycles. The van der Waals surface area contributed by atoms with Crippen molar-refractivity contribution in [3.63, 3.8) is 0 Å². The molecule has 1 aliphatic rings. The van der Waals surface area contributed by atoms with Crippen LogP contribution in [0, 0.1) is 0 Å². The van der Waals surface area contributed by atoms with Crippen molar-refractivity contribution in [3.8, 4) is 44.5 Å². The molecule has 0 saturated carbocycles. The van der Waals surface area contributed by atoms with Crippen molar-refractivity contribution in [2.45, 2.75) is 0 Å². The Morgan fingerprint density at radius 2 is 0.736 bits per heavy atom. The average molecular weight is 689 g/mol. The van der Waals surface area contributed by atoms with Crippen LogP contribution in [0.5, 0.6) is 0 Å². The Balaban J connectivity index is 1.24. The van der Waals surface area contributed by atoms with E-state index in [4.69, 9.17) is 0 Å². The van der Waals surface area contributed by atoms with Crippen molar-refractivity contribution in [2.24, 2.45) is 0 Å². The molecule has 0 fully saturated rings. The van der Waals surface area contributed by atoms with Crippen LogP contribution in [-0.2, 0) is 0 Å². The van der Waals surface area contributed by atoms with E-state index in [2.05, 4.69) is 200 Å². The summed E-state index contributed by atoms with van der Waals surface area (Å²) in [6, 6.07) is 74.6. The van der Waals surface area contributed by atoms with Gasteiger partial charge in [-0.3, -0.25) is 0 Å². The van der Waals surface area contributed by atoms with E-state index in [0.29, 0.717) is 0 Å². The maximum atomic E-state index is 2.53. The number of rotatable bonds is 5. The van der Waals surface area contributed by atoms with Crippen LogP contribution in [0.4, 0.5) is 0 Å². The van der Waals surface area contributed by atoms with Gasteiger partial charge in [-0.1, -0.05) is 188 Å². The van der Waals surface area contributed by atoms with Crippen molar-refractivity contribution in [1.82, 2.24) is 0 Å². The lowest BCUT2D eigenvalue weighted by atomic mass is 9.89. The molecule has 0 N–H and O–H groups in total. The fourth-order valence-corrected chi connectivity index (χ4v) is 11.6. The lowest BCUT2D eigenvalue weighted by Crippen LogP contribution is -2.23. The van der Waals surface area contributed by atoms with Crippen LogP contribution in [0.1, 0.15) is 0 Å². The molecule has 0 aliphatic heterocycles. The molecule has 0 saturated heterocycles. The highest BCUT2D eigenvalue weighted by atomic mass is 31.1. The van der Waals surface area contributed by atoms with Crippen LogP contribution in [-0.4, -0.2) is 0 Å². The minimum atomic E-state index is -0.973. The minimum Gasteiger partial charge on any atom is -0.0622 e. The highest BCUT2D eigenvalue weighted by molar-refractivity contribution is 7.80. The Hall–Kier alpha value is -6.33. The Labute approximate surface area is 310 Å². The molecule has 10 aromatic rings. The van der Waals surface area contributed by atoms with Crippen LogP contribution in [0.25, 0.3) is 87.6 Å². The lowest BCUT2D eigenvalue weighted by molar-refractivity contribution is 1.64. The largest absolute Gasteiger partial charge is 0.0622 e. The molecule has 53 heavy (non-hydrogen) atoms. The van der Waals surface area contributed by atoms with E-state index in [9.17, 15) is 0 Å². The highest BCUT2D eigenvalue weighted by Crippen LogP contribution is 2.52. The zero-order valence-corrected chi connectivity index (χ0v) is 29.9. The second kappa shape index (κ2) is 12.1. The first-order valence-corrected chi connectivity index (χ1v) is 19.7. The van der Waals surface area contributed by atoms with Gasteiger partial charge in [-0.05, 0) is 124 Å². The molecule has 11 rings (SSSR count). The van der Waals surface area contributed by atoms with Gasteiger partial charge >= 0.3 is 0 Å². The molecular weight excluding hydrogens is 656 g/mol. The standard InChI is InChI=1S/C52H33P/c1-3-16-34(17-4-1)37-20-11-13-28-49(37)53(50-29-14-12-21-38(50)35-18-5-2-6-19-35)36-30-31-44-46(32-36)40-23-8-10-25-42(40)48-33-47-41-24-9-7-22-39(41)43-26-15-27-45(51(43)47)52(44)48/h1-33H. The van der Waals surface area contributed by atoms with E-state index in [1.807, 2.05) is 0 Å². The quantitative estimate of drug-likeness (QED) is 0.125. The molecule has 0 bridgehead atoms. The molecule has 0 atom stereocenters. The fraction of sp³-hybridized carbons (Fsp3) is 0. The van der Waals surface area contributed by atoms with Crippen LogP contribution in [0.3, 0.4) is 0 Å². The number of benzene rings is 10. The highest BCUT2D eigenvalue weighted by Gasteiger charge is 2.26. The second-order valence-corrected chi connectivity index (χ2v) is 16.1. The predicted molar refractivity (Wildman–Crippen MR) is 230 cm³/mol. The monoisotopic (exact) mass is 688 g/mol. The van der Waals surface area contributed by atoms with E-state index in [-0.39, 0.29) is 0 Å². The molecule has 0 aromatic heterocycles. The van der Waals surface area contributed by atoms with Crippen LogP contribution in [0.15, 0.2) is 200 Å². The smallest absolute Gasteiger partial charge is 0.00197 e. The third kappa shape index (κ3) is 4.66. The van der Waals surface area contributed by atoms with Gasteiger partial charge < -0.3 is 0 Å². The minimum absolute atomic E-state index is 0.973. The lowest BCUT2D eigenvalue weighted by Gasteiger charge is -2.26. The van der Waals surface area contributed by atoms with Gasteiger partial charge in [0.2, 0.25) is 0 Å². The predicted octanol–water partition coefficient (Wildman–Crippen LogP) is 13.0. The van der Waals surface area contributed by atoms with Gasteiger partial charge in [-0.2, -0.15) is 0 Å². The second-order valence-electron chi connectivity index (χ2n) is 14.0. The van der Waals surface area contributed by atoms with E-state index in [1.165, 1.54) is 104 Å². The van der Waals surface area contributed by atoms with Crippen molar-refractivity contribution in [1.29, 1.82) is 0 Å². The maximum absolute atomic E-state index is 2.53. The van der Waals surface area contributed by atoms with E-state index in [0.717, 1.165) is 0 Å². The number of hydrogen-bond donors (Lipinski definition) is 0. The normalized spacial score (nSPS) is 11.9. The Kier molecular flexibility index (Phi) is 6.94. The molecule has 0 radical (unpaired) electrons. The van der Waals surface area contributed by atoms with Gasteiger partial charge in [0.15, 0.2) is 0 Å². The molecule has 10 aromatic carbocycles. The molecule has 0 amide bonds. The number of fused-ring (bicyclic) bond motifs is 10. The van der Waals surface area contributed by atoms with Crippen LogP contribution < -0.4 is 15.9 Å². The van der Waals surface area contributed by atoms with Crippen LogP contribution >= 0.6 is 7.92 Å². The molecular formula is C52H33P. The third-order valence-corrected chi connectivity index (χ3v) is 13.7. The molecule has 1 aliphatic carbocycles. The summed E-state index contributed by atoms with van der Waals surface area (Å²) in [7, 11) is -0.973. The van der Waals surface area contributed by atoms with Gasteiger partial charge in [0.1, 0.15) is 0 Å². The first-order valence-electron chi connectivity index (χ1n) is 18.4. The SMILES string of the molecule is c1ccc(-c2ccccc2P(c2ccc3c(c2)c2ccccc2c2cc4c5c(cccc5c32)-c2ccccc2-4)c2ccccc2-c2ccccc2)cc1. The summed E-state index contributed by atoms with van der Waals surface area (Å²) in [6.45, 7) is 0. The van der Waals surface area contributed by atoms with Crippen molar-refractivity contribution in [2.75, 3.05) is 0 Å². The molecule has 0 nitrogen and oxygen atoms in total. The number of hydrogen-bond acceptors (Lipinski definition) is 0. The van der Waals surface area contributed by atoms with Crippen molar-refractivity contribution < 1.29 is 0 Å². The van der Waals surface area contributed by atoms with Gasteiger partial charge in [0.25, 0.3) is 0 Å². The van der Waals surface area contributed by atoms with Crippen LogP contribution in [0.2, 0.25) is 0 Å². The van der Waals surface area contributed by atoms with Gasteiger partial charge in [-0.15, -0.1) is 0 Å². The summed E-state index contributed by atoms with van der Waals surface area (Å²) in [5.74, 6) is 0. The van der Waals surface area contributed by atoms with Gasteiger partial charge in [0.05, 0.1) is 0 Å². The topological polar surface area (TPSA) is 0 Å². The molecule has 1 heteroatoms. The van der Waals surface area contributed by atoms with Gasteiger partial charge in [-0.25, -0.2) is 0 Å². The average Bonchev–Trinajstić information content (AvgIpc) is 3.56. The summed E-state index contributed by atoms with van der Waals surface area (Å²) in [6.07, 6.45) is 0. The zero-order valence-electron chi connectivity index (χ0n) is 29.0. The fourth-order valence-electron chi connectivity index (χ4n) is 8.91. The Bertz CT molecular complexity index is 2970. The van der Waals surface area contributed by atoms with Gasteiger partial charge in [0, 0.05) is 0 Å². The molecule has 0 unspecified atom stereocenters. The first kappa shape index (κ1) is 30.3. The van der Waals surface area contributed by atoms with E-state index < -0.39 is 7.92 Å². The summed E-state index contributed by atoms with van der Waals surface area (Å²) in [4.78, 5) is 0. The first-order chi connectivity index (χ1) is 26.3. The summed E-state index contributed by atoms with van der Waals surface area (Å²) in [5.41, 5.74) is 10.4. The van der Waals surface area contributed by atoms with Crippen molar-refractivity contribution in [3.05, 3.63) is 200 Å². The Morgan fingerprint density at radius 3 is 1.38 bits per heavy atom. The summed E-state index contributed by atoms with van der Waals surface area (Å²) >= 11 is 0. The third-order valence-electron chi connectivity index (χ3n) is 11.2. The zero-order chi connectivity index (χ0) is 34.9. The van der Waals surface area contributed by atoms with E-state index in [1.54, 1.807) is 0 Å². The van der Waals surface area contributed by atoms with E-state index >= 15 is 0 Å². The van der Waals surface area contributed by atoms with Crippen molar-refractivity contribution >= 4 is 66.9 Å². The summed E-state index contributed by atoms with van der Waals surface area (Å²) in [5, 5.41) is 14.7. The Morgan fingerprint density at radius 1 is 0.245 bits per heavy atom.